The monoisotopic (exact) mass is 415 g/mol. The van der Waals surface area contributed by atoms with E-state index in [0.29, 0.717) is 20.3 Å². The SMILES string of the molecule is NNc1nc(Oc2cc(Cl)c(Br)cc2Cl)c(Cl)cc1Cl. The van der Waals surface area contributed by atoms with E-state index >= 15 is 0 Å². The van der Waals surface area contributed by atoms with Gasteiger partial charge in [0.15, 0.2) is 5.82 Å². The maximum absolute atomic E-state index is 6.06. The van der Waals surface area contributed by atoms with Gasteiger partial charge >= 0.3 is 0 Å². The zero-order chi connectivity index (χ0) is 14.9. The standard InChI is InChI=1S/C11H6BrCl4N3O/c12-4-1-6(14)9(3-5(4)13)20-11-8(16)2-7(15)10(18-11)19-17/h1-3H,17H2,(H,18,19). The summed E-state index contributed by atoms with van der Waals surface area (Å²) in [4.78, 5) is 4.04. The van der Waals surface area contributed by atoms with Crippen molar-refractivity contribution in [3.05, 3.63) is 42.8 Å². The normalized spacial score (nSPS) is 10.5. The van der Waals surface area contributed by atoms with Crippen LogP contribution in [0.1, 0.15) is 0 Å². The summed E-state index contributed by atoms with van der Waals surface area (Å²) >= 11 is 27.2. The Labute approximate surface area is 143 Å². The smallest absolute Gasteiger partial charge is 0.240 e. The number of rotatable bonds is 3. The molecular weight excluding hydrogens is 412 g/mol. The van der Waals surface area contributed by atoms with Gasteiger partial charge in [0, 0.05) is 10.5 Å². The molecule has 0 atom stereocenters. The largest absolute Gasteiger partial charge is 0.436 e. The van der Waals surface area contributed by atoms with Crippen LogP contribution in [0.4, 0.5) is 5.82 Å². The molecule has 2 rings (SSSR count). The second kappa shape index (κ2) is 6.56. The molecule has 0 aliphatic rings. The molecule has 4 nitrogen and oxygen atoms in total. The molecule has 20 heavy (non-hydrogen) atoms. The predicted molar refractivity (Wildman–Crippen MR) is 86.3 cm³/mol. The second-order valence-electron chi connectivity index (χ2n) is 3.55. The van der Waals surface area contributed by atoms with Gasteiger partial charge < -0.3 is 10.2 Å². The van der Waals surface area contributed by atoms with Crippen molar-refractivity contribution >= 4 is 68.2 Å². The van der Waals surface area contributed by atoms with E-state index < -0.39 is 0 Å². The summed E-state index contributed by atoms with van der Waals surface area (Å²) in [7, 11) is 0. The summed E-state index contributed by atoms with van der Waals surface area (Å²) < 4.78 is 6.19. The van der Waals surface area contributed by atoms with Gasteiger partial charge in [-0.2, -0.15) is 4.98 Å². The van der Waals surface area contributed by atoms with E-state index in [-0.39, 0.29) is 21.7 Å². The van der Waals surface area contributed by atoms with Crippen molar-refractivity contribution in [3.63, 3.8) is 0 Å². The number of hydrogen-bond acceptors (Lipinski definition) is 4. The zero-order valence-corrected chi connectivity index (χ0v) is 14.2. The Balaban J connectivity index is 2.42. The van der Waals surface area contributed by atoms with E-state index in [1.165, 1.54) is 12.1 Å². The van der Waals surface area contributed by atoms with Crippen molar-refractivity contribution in [2.45, 2.75) is 0 Å². The number of anilines is 1. The number of nitrogens with two attached hydrogens (primary N) is 1. The highest BCUT2D eigenvalue weighted by molar-refractivity contribution is 9.10. The average Bonchev–Trinajstić information content (AvgIpc) is 2.38. The first-order valence-electron chi connectivity index (χ1n) is 5.07. The number of pyridine rings is 1. The molecule has 0 unspecified atom stereocenters. The van der Waals surface area contributed by atoms with E-state index in [4.69, 9.17) is 57.0 Å². The molecule has 0 bridgehead atoms. The van der Waals surface area contributed by atoms with Crippen molar-refractivity contribution in [2.24, 2.45) is 5.84 Å². The van der Waals surface area contributed by atoms with Crippen LogP contribution in [0.5, 0.6) is 11.6 Å². The van der Waals surface area contributed by atoms with Crippen molar-refractivity contribution in [3.8, 4) is 11.6 Å². The summed E-state index contributed by atoms with van der Waals surface area (Å²) in [6.45, 7) is 0. The highest BCUT2D eigenvalue weighted by Crippen LogP contribution is 2.39. The Morgan fingerprint density at radius 3 is 2.35 bits per heavy atom. The Hall–Kier alpha value is -0.430. The average molecular weight is 418 g/mol. The van der Waals surface area contributed by atoms with Crippen LogP contribution in [0.15, 0.2) is 22.7 Å². The number of halogens is 5. The van der Waals surface area contributed by atoms with Gasteiger partial charge in [0.05, 0.1) is 15.1 Å². The number of ether oxygens (including phenoxy) is 1. The van der Waals surface area contributed by atoms with Crippen molar-refractivity contribution in [2.75, 3.05) is 5.43 Å². The molecule has 1 heterocycles. The highest BCUT2D eigenvalue weighted by Gasteiger charge is 2.14. The summed E-state index contributed by atoms with van der Waals surface area (Å²) in [5.41, 5.74) is 2.34. The first-order valence-corrected chi connectivity index (χ1v) is 7.38. The third-order valence-corrected chi connectivity index (χ3v) is 4.27. The van der Waals surface area contributed by atoms with Crippen LogP contribution in [-0.2, 0) is 0 Å². The third kappa shape index (κ3) is 3.42. The van der Waals surface area contributed by atoms with Crippen molar-refractivity contribution in [1.29, 1.82) is 0 Å². The van der Waals surface area contributed by atoms with Crippen LogP contribution in [0.2, 0.25) is 20.1 Å². The summed E-state index contributed by atoms with van der Waals surface area (Å²) in [6.07, 6.45) is 0. The summed E-state index contributed by atoms with van der Waals surface area (Å²) in [5, 5.41) is 1.26. The van der Waals surface area contributed by atoms with Crippen molar-refractivity contribution < 1.29 is 4.74 Å². The zero-order valence-electron chi connectivity index (χ0n) is 9.55. The van der Waals surface area contributed by atoms with E-state index in [2.05, 4.69) is 26.3 Å². The van der Waals surface area contributed by atoms with Crippen LogP contribution in [0.3, 0.4) is 0 Å². The van der Waals surface area contributed by atoms with Gasteiger partial charge in [-0.25, -0.2) is 5.84 Å². The van der Waals surface area contributed by atoms with Gasteiger partial charge in [-0.1, -0.05) is 46.4 Å². The van der Waals surface area contributed by atoms with Crippen LogP contribution < -0.4 is 16.0 Å². The molecule has 9 heteroatoms. The summed E-state index contributed by atoms with van der Waals surface area (Å²) in [6, 6.07) is 4.59. The Morgan fingerprint density at radius 2 is 1.70 bits per heavy atom. The van der Waals surface area contributed by atoms with Gasteiger partial charge in [0.25, 0.3) is 0 Å². The fraction of sp³-hybridized carbons (Fsp3) is 0. The number of benzene rings is 1. The molecule has 0 amide bonds. The van der Waals surface area contributed by atoms with E-state index in [0.717, 1.165) is 0 Å². The predicted octanol–water partition coefficient (Wildman–Crippen LogP) is 5.54. The number of aromatic nitrogens is 1. The minimum Gasteiger partial charge on any atom is -0.436 e. The fourth-order valence-corrected chi connectivity index (χ4v) is 2.59. The molecule has 3 N–H and O–H groups in total. The lowest BCUT2D eigenvalue weighted by atomic mass is 10.3. The molecule has 2 aromatic rings. The van der Waals surface area contributed by atoms with Crippen molar-refractivity contribution in [1.82, 2.24) is 4.98 Å². The molecule has 0 aliphatic carbocycles. The van der Waals surface area contributed by atoms with Gasteiger partial charge in [-0.15, -0.1) is 0 Å². The minimum absolute atomic E-state index is 0.101. The van der Waals surface area contributed by atoms with Gasteiger partial charge in [-0.3, -0.25) is 0 Å². The number of hydrogen-bond donors (Lipinski definition) is 2. The lowest BCUT2D eigenvalue weighted by Gasteiger charge is -2.11. The molecule has 0 fully saturated rings. The number of nitrogens with zero attached hydrogens (tertiary/aromatic N) is 1. The lowest BCUT2D eigenvalue weighted by Crippen LogP contribution is -2.09. The minimum atomic E-state index is 0.101. The lowest BCUT2D eigenvalue weighted by molar-refractivity contribution is 0.464. The van der Waals surface area contributed by atoms with E-state index in [1.807, 2.05) is 0 Å². The van der Waals surface area contributed by atoms with Gasteiger partial charge in [-0.05, 0) is 28.1 Å². The van der Waals surface area contributed by atoms with Crippen LogP contribution in [0.25, 0.3) is 0 Å². The Kier molecular flexibility index (Phi) is 5.23. The van der Waals surface area contributed by atoms with Crippen LogP contribution >= 0.6 is 62.3 Å². The first-order chi connectivity index (χ1) is 9.42. The third-order valence-electron chi connectivity index (χ3n) is 2.22. The van der Waals surface area contributed by atoms with Crippen LogP contribution in [-0.4, -0.2) is 4.98 Å². The van der Waals surface area contributed by atoms with Crippen LogP contribution in [0, 0.1) is 0 Å². The van der Waals surface area contributed by atoms with E-state index in [9.17, 15) is 0 Å². The molecule has 1 aromatic heterocycles. The first kappa shape index (κ1) is 15.9. The number of hydrazine groups is 1. The molecule has 0 saturated carbocycles. The summed E-state index contributed by atoms with van der Waals surface area (Å²) in [5.74, 6) is 5.92. The topological polar surface area (TPSA) is 60.2 Å². The molecule has 0 radical (unpaired) electrons. The quantitative estimate of drug-likeness (QED) is 0.391. The Morgan fingerprint density at radius 1 is 1.00 bits per heavy atom. The maximum atomic E-state index is 6.06. The maximum Gasteiger partial charge on any atom is 0.240 e. The highest BCUT2D eigenvalue weighted by atomic mass is 79.9. The molecule has 0 saturated heterocycles. The number of nitrogens with one attached hydrogen (secondary N) is 1. The van der Waals surface area contributed by atoms with E-state index in [1.54, 1.807) is 6.07 Å². The fourth-order valence-electron chi connectivity index (χ4n) is 1.31. The molecular formula is C11H6BrCl4N3O. The number of nitrogen functional groups attached to an aromatic ring is 1. The molecule has 1 aromatic carbocycles. The molecule has 0 spiro atoms. The second-order valence-corrected chi connectivity index (χ2v) is 6.03. The van der Waals surface area contributed by atoms with Gasteiger partial charge in [0.2, 0.25) is 5.88 Å². The molecule has 106 valence electrons. The van der Waals surface area contributed by atoms with Gasteiger partial charge in [0.1, 0.15) is 10.8 Å². The Bertz CT molecular complexity index is 669. The molecule has 0 aliphatic heterocycles.